The van der Waals surface area contributed by atoms with Crippen molar-refractivity contribution >= 4 is 68.6 Å². The van der Waals surface area contributed by atoms with Gasteiger partial charge < -0.3 is 15.4 Å². The van der Waals surface area contributed by atoms with E-state index in [1.807, 2.05) is 0 Å². The van der Waals surface area contributed by atoms with Gasteiger partial charge in [0.05, 0.1) is 33.2 Å². The van der Waals surface area contributed by atoms with E-state index in [0.29, 0.717) is 0 Å². The van der Waals surface area contributed by atoms with Crippen molar-refractivity contribution in [2.75, 3.05) is 20.3 Å². The standard InChI is InChI=1S/C23H18BrCl3F6N2O3/c1-38-9-18(21(37)34-10-22(28,29)30)35-20(36)13-4-2-11(6-15(13)24)3-5-14(23(31,32)33)12-7-16(25)19(27)17(26)8-12/h2-8,14,18H,9-10H2,1H3,(H,34,37)(H,35,36)/b5-3+/t14?,18-/m1/s1. The fourth-order valence-corrected chi connectivity index (χ4v) is 4.28. The number of hydrogen-bond donors (Lipinski definition) is 2. The van der Waals surface area contributed by atoms with Gasteiger partial charge in [0.25, 0.3) is 5.91 Å². The van der Waals surface area contributed by atoms with Crippen LogP contribution < -0.4 is 10.6 Å². The Kier molecular flexibility index (Phi) is 11.3. The number of carbonyl (C=O) groups excluding carboxylic acids is 2. The molecule has 208 valence electrons. The number of halogens is 10. The quantitative estimate of drug-likeness (QED) is 0.219. The molecule has 15 heteroatoms. The van der Waals surface area contributed by atoms with Gasteiger partial charge in [-0.15, -0.1) is 0 Å². The second-order valence-corrected chi connectivity index (χ2v) is 9.78. The third-order valence-electron chi connectivity index (χ3n) is 4.86. The molecule has 0 radical (unpaired) electrons. The third-order valence-corrected chi connectivity index (χ3v) is 6.71. The summed E-state index contributed by atoms with van der Waals surface area (Å²) in [5.41, 5.74) is -0.00287. The number of hydrogen-bond acceptors (Lipinski definition) is 3. The van der Waals surface area contributed by atoms with E-state index in [0.717, 1.165) is 18.2 Å². The molecule has 0 bridgehead atoms. The molecule has 0 saturated heterocycles. The lowest BCUT2D eigenvalue weighted by Gasteiger charge is -2.19. The van der Waals surface area contributed by atoms with Crippen molar-refractivity contribution in [2.24, 2.45) is 0 Å². The Morgan fingerprint density at radius 2 is 1.66 bits per heavy atom. The van der Waals surface area contributed by atoms with Crippen molar-refractivity contribution in [1.82, 2.24) is 10.6 Å². The highest BCUT2D eigenvalue weighted by Gasteiger charge is 2.39. The SMILES string of the molecule is COC[C@@H](NC(=O)c1ccc(/C=C/C(c2cc(Cl)c(Cl)c(Cl)c2)C(F)(F)F)cc1Br)C(=O)NCC(F)(F)F. The highest BCUT2D eigenvalue weighted by Crippen LogP contribution is 2.41. The lowest BCUT2D eigenvalue weighted by atomic mass is 9.97. The van der Waals surface area contributed by atoms with Crippen LogP contribution in [0.2, 0.25) is 15.1 Å². The maximum atomic E-state index is 13.8. The largest absolute Gasteiger partial charge is 0.405 e. The number of nitrogens with one attached hydrogen (secondary N) is 2. The number of benzene rings is 2. The minimum absolute atomic E-state index is 0.0319. The van der Waals surface area contributed by atoms with Gasteiger partial charge in [-0.25, -0.2) is 0 Å². The molecule has 0 aliphatic carbocycles. The first-order valence-corrected chi connectivity index (χ1v) is 12.3. The van der Waals surface area contributed by atoms with Crippen molar-refractivity contribution in [3.63, 3.8) is 0 Å². The number of allylic oxidation sites excluding steroid dienone is 1. The highest BCUT2D eigenvalue weighted by atomic mass is 79.9. The monoisotopic (exact) mass is 668 g/mol. The van der Waals surface area contributed by atoms with Crippen LogP contribution >= 0.6 is 50.7 Å². The van der Waals surface area contributed by atoms with Gasteiger partial charge in [0, 0.05) is 11.6 Å². The number of ether oxygens (including phenoxy) is 1. The zero-order valence-corrected chi connectivity index (χ0v) is 23.0. The molecule has 2 aromatic carbocycles. The molecule has 0 aliphatic heterocycles. The summed E-state index contributed by atoms with van der Waals surface area (Å²) >= 11 is 20.7. The maximum Gasteiger partial charge on any atom is 0.405 e. The summed E-state index contributed by atoms with van der Waals surface area (Å²) < 4.78 is 83.3. The van der Waals surface area contributed by atoms with Crippen LogP contribution in [0.5, 0.6) is 0 Å². The Bertz CT molecular complexity index is 1180. The summed E-state index contributed by atoms with van der Waals surface area (Å²) in [6.45, 7) is -2.01. The van der Waals surface area contributed by atoms with Gasteiger partial charge in [0.1, 0.15) is 12.6 Å². The minimum atomic E-state index is -4.70. The predicted molar refractivity (Wildman–Crippen MR) is 136 cm³/mol. The third kappa shape index (κ3) is 9.33. The minimum Gasteiger partial charge on any atom is -0.382 e. The Morgan fingerprint density at radius 1 is 1.05 bits per heavy atom. The van der Waals surface area contributed by atoms with Crippen LogP contribution in [-0.4, -0.2) is 50.5 Å². The first kappa shape index (κ1) is 32.2. The van der Waals surface area contributed by atoms with Gasteiger partial charge in [0.15, 0.2) is 0 Å². The summed E-state index contributed by atoms with van der Waals surface area (Å²) in [6, 6.07) is 4.61. The van der Waals surface area contributed by atoms with Crippen molar-refractivity contribution < 1.29 is 40.7 Å². The van der Waals surface area contributed by atoms with Crippen LogP contribution in [0, 0.1) is 0 Å². The zero-order valence-electron chi connectivity index (χ0n) is 19.1. The molecule has 0 aromatic heterocycles. The van der Waals surface area contributed by atoms with Crippen LogP contribution in [-0.2, 0) is 9.53 Å². The molecule has 2 aromatic rings. The number of methoxy groups -OCH3 is 1. The summed E-state index contributed by atoms with van der Waals surface area (Å²) in [4.78, 5) is 24.7. The van der Waals surface area contributed by atoms with Gasteiger partial charge in [-0.3, -0.25) is 9.59 Å². The number of rotatable bonds is 9. The molecule has 0 saturated carbocycles. The number of alkyl halides is 6. The van der Waals surface area contributed by atoms with E-state index in [9.17, 15) is 35.9 Å². The topological polar surface area (TPSA) is 67.4 Å². The van der Waals surface area contributed by atoms with Crippen molar-refractivity contribution in [1.29, 1.82) is 0 Å². The predicted octanol–water partition coefficient (Wildman–Crippen LogP) is 7.19. The first-order valence-electron chi connectivity index (χ1n) is 10.4. The van der Waals surface area contributed by atoms with Crippen LogP contribution in [0.25, 0.3) is 6.08 Å². The first-order chi connectivity index (χ1) is 17.5. The average Bonchev–Trinajstić information content (AvgIpc) is 2.79. The summed E-state index contributed by atoms with van der Waals surface area (Å²) in [7, 11) is 1.19. The Labute approximate surface area is 236 Å². The molecule has 0 spiro atoms. The number of amides is 2. The van der Waals surface area contributed by atoms with Gasteiger partial charge in [-0.1, -0.05) is 53.0 Å². The normalized spacial score (nSPS) is 13.9. The Balaban J connectivity index is 2.24. The Morgan fingerprint density at radius 3 is 2.16 bits per heavy atom. The highest BCUT2D eigenvalue weighted by molar-refractivity contribution is 9.10. The summed E-state index contributed by atoms with van der Waals surface area (Å²) in [5, 5.41) is 3.55. The number of carbonyl (C=O) groups is 2. The fourth-order valence-electron chi connectivity index (χ4n) is 3.09. The van der Waals surface area contributed by atoms with Gasteiger partial charge in [0.2, 0.25) is 5.91 Å². The van der Waals surface area contributed by atoms with E-state index in [2.05, 4.69) is 21.2 Å². The summed E-state index contributed by atoms with van der Waals surface area (Å²) in [5.74, 6) is -4.04. The molecule has 5 nitrogen and oxygen atoms in total. The molecule has 0 aliphatic rings. The molecule has 0 heterocycles. The zero-order chi connectivity index (χ0) is 28.8. The second kappa shape index (κ2) is 13.4. The van der Waals surface area contributed by atoms with Crippen LogP contribution in [0.4, 0.5) is 26.3 Å². The van der Waals surface area contributed by atoms with Crippen molar-refractivity contribution in [2.45, 2.75) is 24.3 Å². The van der Waals surface area contributed by atoms with Crippen LogP contribution in [0.1, 0.15) is 27.4 Å². The van der Waals surface area contributed by atoms with E-state index in [1.165, 1.54) is 31.4 Å². The van der Waals surface area contributed by atoms with Gasteiger partial charge in [-0.05, 0) is 51.3 Å². The molecule has 38 heavy (non-hydrogen) atoms. The van der Waals surface area contributed by atoms with E-state index in [1.54, 1.807) is 5.32 Å². The molecule has 2 amide bonds. The fraction of sp³-hybridized carbons (Fsp3) is 0.304. The maximum absolute atomic E-state index is 13.8. The van der Waals surface area contributed by atoms with Gasteiger partial charge >= 0.3 is 12.4 Å². The van der Waals surface area contributed by atoms with E-state index >= 15 is 0 Å². The van der Waals surface area contributed by atoms with Crippen LogP contribution in [0.15, 0.2) is 40.9 Å². The lowest BCUT2D eigenvalue weighted by molar-refractivity contribution is -0.140. The van der Waals surface area contributed by atoms with E-state index in [-0.39, 0.29) is 36.2 Å². The van der Waals surface area contributed by atoms with Crippen molar-refractivity contribution in [3.05, 3.63) is 72.6 Å². The average molecular weight is 671 g/mol. The van der Waals surface area contributed by atoms with Crippen LogP contribution in [0.3, 0.4) is 0 Å². The molecule has 2 rings (SSSR count). The summed E-state index contributed by atoms with van der Waals surface area (Å²) in [6.07, 6.45) is -7.31. The van der Waals surface area contributed by atoms with Gasteiger partial charge in [-0.2, -0.15) is 26.3 Å². The Hall–Kier alpha value is -1.99. The second-order valence-electron chi connectivity index (χ2n) is 7.73. The van der Waals surface area contributed by atoms with E-state index in [4.69, 9.17) is 39.5 Å². The molecule has 2 N–H and O–H groups in total. The molecule has 0 fully saturated rings. The molecular formula is C23H18BrCl3F6N2O3. The lowest BCUT2D eigenvalue weighted by Crippen LogP contribution is -2.51. The molecular weight excluding hydrogens is 653 g/mol. The smallest absolute Gasteiger partial charge is 0.382 e. The van der Waals surface area contributed by atoms with Crippen molar-refractivity contribution in [3.8, 4) is 0 Å². The van der Waals surface area contributed by atoms with E-state index < -0.39 is 49.3 Å². The molecule has 2 atom stereocenters. The molecule has 1 unspecified atom stereocenters.